The van der Waals surface area contributed by atoms with Gasteiger partial charge in [-0.1, -0.05) is 18.2 Å². The molecule has 0 spiro atoms. The Hall–Kier alpha value is -2.92. The van der Waals surface area contributed by atoms with E-state index in [4.69, 9.17) is 4.74 Å². The molecule has 11 heteroatoms. The number of carbonyl (C=O) groups is 3. The zero-order valence-electron chi connectivity index (χ0n) is 17.7. The molecule has 10 nitrogen and oxygen atoms in total. The van der Waals surface area contributed by atoms with Gasteiger partial charge in [0.05, 0.1) is 18.1 Å². The topological polar surface area (TPSA) is 129 Å². The van der Waals surface area contributed by atoms with Crippen molar-refractivity contribution in [1.82, 2.24) is 20.1 Å². The van der Waals surface area contributed by atoms with Crippen LogP contribution in [0.1, 0.15) is 12.0 Å². The molecule has 1 aromatic heterocycles. The summed E-state index contributed by atoms with van der Waals surface area (Å²) in [5.74, 6) is -1.05. The van der Waals surface area contributed by atoms with Gasteiger partial charge in [0, 0.05) is 43.2 Å². The van der Waals surface area contributed by atoms with Gasteiger partial charge in [-0.2, -0.15) is 0 Å². The number of amides is 4. The summed E-state index contributed by atoms with van der Waals surface area (Å²) in [6, 6.07) is 5.79. The summed E-state index contributed by atoms with van der Waals surface area (Å²) in [4.78, 5) is 43.9. The van der Waals surface area contributed by atoms with Crippen molar-refractivity contribution < 1.29 is 27.5 Å². The average molecular weight is 463 g/mol. The number of imide groups is 1. The fourth-order valence-corrected chi connectivity index (χ4v) is 6.06. The van der Waals surface area contributed by atoms with Crippen LogP contribution < -0.4 is 5.32 Å². The molecule has 2 saturated heterocycles. The molecule has 2 aliphatic heterocycles. The molecule has 2 N–H and O–H groups in total. The standard InChI is InChI=1S/C21H26N4O6S/c1-31-8-7-24(15-6-9-32(29,30)13-15)19(26)12-25-20(27)18(23-21(25)28)10-14-11-22-17-5-3-2-4-16(14)17/h2-5,11,15,18,22H,6-10,12-13H2,1H3,(H,23,28)/t15-,18+/m0/s1. The van der Waals surface area contributed by atoms with Crippen molar-refractivity contribution in [1.29, 1.82) is 0 Å². The van der Waals surface area contributed by atoms with E-state index in [9.17, 15) is 22.8 Å². The van der Waals surface area contributed by atoms with Crippen LogP contribution in [-0.2, 0) is 30.6 Å². The maximum absolute atomic E-state index is 13.0. The van der Waals surface area contributed by atoms with Gasteiger partial charge in [0.15, 0.2) is 9.84 Å². The second-order valence-corrected chi connectivity index (χ2v) is 10.4. The van der Waals surface area contributed by atoms with Gasteiger partial charge in [-0.15, -0.1) is 0 Å². The number of sulfone groups is 1. The quantitative estimate of drug-likeness (QED) is 0.543. The second-order valence-electron chi connectivity index (χ2n) is 8.13. The summed E-state index contributed by atoms with van der Waals surface area (Å²) in [7, 11) is -1.71. The third-order valence-electron chi connectivity index (χ3n) is 6.01. The van der Waals surface area contributed by atoms with E-state index in [1.165, 1.54) is 12.0 Å². The summed E-state index contributed by atoms with van der Waals surface area (Å²) in [6.45, 7) is -0.0150. The smallest absolute Gasteiger partial charge is 0.325 e. The number of rotatable bonds is 8. The van der Waals surface area contributed by atoms with E-state index < -0.39 is 46.3 Å². The van der Waals surface area contributed by atoms with Crippen molar-refractivity contribution in [3.63, 3.8) is 0 Å². The summed E-state index contributed by atoms with van der Waals surface area (Å²) in [5, 5.41) is 3.63. The van der Waals surface area contributed by atoms with Crippen LogP contribution >= 0.6 is 0 Å². The molecule has 172 valence electrons. The molecule has 1 aromatic carbocycles. The molecular formula is C21H26N4O6S. The largest absolute Gasteiger partial charge is 0.383 e. The minimum absolute atomic E-state index is 0.0181. The van der Waals surface area contributed by atoms with E-state index in [0.717, 1.165) is 21.4 Å². The van der Waals surface area contributed by atoms with Gasteiger partial charge in [-0.25, -0.2) is 13.2 Å². The number of fused-ring (bicyclic) bond motifs is 1. The number of nitrogens with zero attached hydrogens (tertiary/aromatic N) is 2. The Balaban J connectivity index is 1.45. The molecule has 2 fully saturated rings. The lowest BCUT2D eigenvalue weighted by molar-refractivity contribution is -0.139. The molecular weight excluding hydrogens is 436 g/mol. The zero-order valence-corrected chi connectivity index (χ0v) is 18.6. The number of nitrogens with one attached hydrogen (secondary N) is 2. The lowest BCUT2D eigenvalue weighted by Crippen LogP contribution is -2.49. The van der Waals surface area contributed by atoms with Gasteiger partial charge in [0.2, 0.25) is 5.91 Å². The van der Waals surface area contributed by atoms with Crippen LogP contribution in [-0.4, -0.2) is 91.4 Å². The number of aromatic amines is 1. The molecule has 0 radical (unpaired) electrons. The third-order valence-corrected chi connectivity index (χ3v) is 7.76. The van der Waals surface area contributed by atoms with Gasteiger partial charge in [-0.3, -0.25) is 14.5 Å². The first-order valence-electron chi connectivity index (χ1n) is 10.4. The van der Waals surface area contributed by atoms with E-state index in [-0.39, 0.29) is 24.7 Å². The molecule has 0 saturated carbocycles. The van der Waals surface area contributed by atoms with Crippen molar-refractivity contribution >= 4 is 38.6 Å². The molecule has 0 aliphatic carbocycles. The van der Waals surface area contributed by atoms with Gasteiger partial charge in [-0.05, 0) is 18.1 Å². The number of hydrogen-bond acceptors (Lipinski definition) is 6. The summed E-state index contributed by atoms with van der Waals surface area (Å²) >= 11 is 0. The minimum atomic E-state index is -3.20. The zero-order chi connectivity index (χ0) is 22.9. The number of hydrogen-bond donors (Lipinski definition) is 2. The number of aromatic nitrogens is 1. The molecule has 2 aromatic rings. The number of methoxy groups -OCH3 is 1. The molecule has 4 rings (SSSR count). The minimum Gasteiger partial charge on any atom is -0.383 e. The van der Waals surface area contributed by atoms with Gasteiger partial charge >= 0.3 is 6.03 Å². The van der Waals surface area contributed by atoms with Gasteiger partial charge < -0.3 is 19.9 Å². The molecule has 3 heterocycles. The highest BCUT2D eigenvalue weighted by molar-refractivity contribution is 7.91. The number of urea groups is 1. The Morgan fingerprint density at radius 1 is 1.28 bits per heavy atom. The number of benzene rings is 1. The normalized spacial score (nSPS) is 22.5. The van der Waals surface area contributed by atoms with Crippen molar-refractivity contribution in [3.8, 4) is 0 Å². The molecule has 0 unspecified atom stereocenters. The van der Waals surface area contributed by atoms with E-state index in [0.29, 0.717) is 12.8 Å². The van der Waals surface area contributed by atoms with E-state index >= 15 is 0 Å². The monoisotopic (exact) mass is 462 g/mol. The SMILES string of the molecule is COCCN(C(=O)CN1C(=O)N[C@H](Cc2c[nH]c3ccccc23)C1=O)[C@H]1CCS(=O)(=O)C1. The van der Waals surface area contributed by atoms with Gasteiger partial charge in [0.1, 0.15) is 12.6 Å². The van der Waals surface area contributed by atoms with Crippen LogP contribution in [0.2, 0.25) is 0 Å². The lowest BCUT2D eigenvalue weighted by Gasteiger charge is -2.29. The molecule has 4 amide bonds. The van der Waals surface area contributed by atoms with Crippen molar-refractivity contribution in [2.45, 2.75) is 24.9 Å². The van der Waals surface area contributed by atoms with Crippen LogP contribution in [0.4, 0.5) is 4.79 Å². The first-order chi connectivity index (χ1) is 15.3. The number of carbonyl (C=O) groups excluding carboxylic acids is 3. The fraction of sp³-hybridized carbons (Fsp3) is 0.476. The summed E-state index contributed by atoms with van der Waals surface area (Å²) in [6.07, 6.45) is 2.44. The van der Waals surface area contributed by atoms with Crippen LogP contribution in [0.15, 0.2) is 30.5 Å². The number of para-hydroxylation sites is 1. The first kappa shape index (κ1) is 22.3. The van der Waals surface area contributed by atoms with E-state index in [2.05, 4.69) is 10.3 Å². The van der Waals surface area contributed by atoms with E-state index in [1.54, 1.807) is 0 Å². The molecule has 32 heavy (non-hydrogen) atoms. The highest BCUT2D eigenvalue weighted by Crippen LogP contribution is 2.22. The Bertz CT molecular complexity index is 1140. The molecule has 2 atom stereocenters. The fourth-order valence-electron chi connectivity index (χ4n) is 4.33. The lowest BCUT2D eigenvalue weighted by atomic mass is 10.1. The third kappa shape index (κ3) is 4.49. The Morgan fingerprint density at radius 3 is 2.78 bits per heavy atom. The maximum atomic E-state index is 13.0. The highest BCUT2D eigenvalue weighted by Gasteiger charge is 2.41. The van der Waals surface area contributed by atoms with Crippen molar-refractivity contribution in [3.05, 3.63) is 36.0 Å². The van der Waals surface area contributed by atoms with E-state index in [1.807, 2.05) is 30.5 Å². The maximum Gasteiger partial charge on any atom is 0.325 e. The summed E-state index contributed by atoms with van der Waals surface area (Å²) in [5.41, 5.74) is 1.83. The van der Waals surface area contributed by atoms with Crippen LogP contribution in [0, 0.1) is 0 Å². The predicted molar refractivity (Wildman–Crippen MR) is 117 cm³/mol. The Morgan fingerprint density at radius 2 is 2.06 bits per heavy atom. The highest BCUT2D eigenvalue weighted by atomic mass is 32.2. The van der Waals surface area contributed by atoms with Crippen molar-refractivity contribution in [2.24, 2.45) is 0 Å². The van der Waals surface area contributed by atoms with Crippen LogP contribution in [0.5, 0.6) is 0 Å². The van der Waals surface area contributed by atoms with Crippen LogP contribution in [0.25, 0.3) is 10.9 Å². The van der Waals surface area contributed by atoms with Crippen molar-refractivity contribution in [2.75, 3.05) is 38.3 Å². The molecule has 2 aliphatic rings. The first-order valence-corrected chi connectivity index (χ1v) is 12.3. The molecule has 0 bridgehead atoms. The Kier molecular flexibility index (Phi) is 6.20. The predicted octanol–water partition coefficient (Wildman–Crippen LogP) is 0.293. The second kappa shape index (κ2) is 8.91. The number of ether oxygens (including phenoxy) is 1. The van der Waals surface area contributed by atoms with Crippen LogP contribution in [0.3, 0.4) is 0 Å². The van der Waals surface area contributed by atoms with Gasteiger partial charge in [0.25, 0.3) is 5.91 Å². The average Bonchev–Trinajstić information content (AvgIpc) is 3.41. The Labute approximate surface area is 185 Å². The number of H-pyrrole nitrogens is 1. The summed E-state index contributed by atoms with van der Waals surface area (Å²) < 4.78 is 28.8.